The first-order valence-electron chi connectivity index (χ1n) is 8.98. The van der Waals surface area contributed by atoms with Gasteiger partial charge in [-0.3, -0.25) is 9.78 Å². The molecular formula is C21H22N4O. The van der Waals surface area contributed by atoms with Gasteiger partial charge in [0, 0.05) is 18.9 Å². The molecule has 5 heteroatoms. The number of pyridine rings is 1. The van der Waals surface area contributed by atoms with Crippen LogP contribution in [0.5, 0.6) is 0 Å². The number of likely N-dealkylation sites (tertiary alicyclic amines) is 1. The number of amides is 1. The number of para-hydroxylation sites is 1. The Morgan fingerprint density at radius 3 is 2.65 bits per heavy atom. The molecule has 0 radical (unpaired) electrons. The van der Waals surface area contributed by atoms with Crippen molar-refractivity contribution in [2.45, 2.75) is 32.7 Å². The molecule has 1 fully saturated rings. The normalized spacial score (nSPS) is 16.8. The number of aryl methyl sites for hydroxylation is 1. The highest BCUT2D eigenvalue weighted by atomic mass is 16.2. The fourth-order valence-electron chi connectivity index (χ4n) is 3.76. The van der Waals surface area contributed by atoms with Crippen molar-refractivity contribution in [2.24, 2.45) is 0 Å². The van der Waals surface area contributed by atoms with Crippen LogP contribution in [0.3, 0.4) is 0 Å². The van der Waals surface area contributed by atoms with E-state index in [1.54, 1.807) is 18.6 Å². The molecule has 1 saturated heterocycles. The van der Waals surface area contributed by atoms with Crippen LogP contribution in [0, 0.1) is 13.8 Å². The van der Waals surface area contributed by atoms with Crippen molar-refractivity contribution in [3.8, 4) is 5.69 Å². The summed E-state index contributed by atoms with van der Waals surface area (Å²) in [7, 11) is 0. The molecule has 0 spiro atoms. The van der Waals surface area contributed by atoms with Crippen LogP contribution in [0.25, 0.3) is 5.69 Å². The fourth-order valence-corrected chi connectivity index (χ4v) is 3.76. The van der Waals surface area contributed by atoms with Crippen LogP contribution in [-0.2, 0) is 0 Å². The molecule has 132 valence electrons. The van der Waals surface area contributed by atoms with Crippen molar-refractivity contribution < 1.29 is 4.79 Å². The van der Waals surface area contributed by atoms with Gasteiger partial charge in [0.2, 0.25) is 0 Å². The van der Waals surface area contributed by atoms with E-state index >= 15 is 0 Å². The van der Waals surface area contributed by atoms with Crippen LogP contribution < -0.4 is 0 Å². The summed E-state index contributed by atoms with van der Waals surface area (Å²) in [6.07, 6.45) is 7.28. The molecule has 2 aromatic heterocycles. The van der Waals surface area contributed by atoms with Crippen LogP contribution in [0.1, 0.15) is 46.1 Å². The maximum atomic E-state index is 13.2. The molecule has 3 aromatic rings. The average molecular weight is 346 g/mol. The van der Waals surface area contributed by atoms with Gasteiger partial charge in [0.25, 0.3) is 5.91 Å². The van der Waals surface area contributed by atoms with Gasteiger partial charge in [-0.1, -0.05) is 18.2 Å². The molecule has 0 saturated carbocycles. The van der Waals surface area contributed by atoms with Crippen molar-refractivity contribution in [1.29, 1.82) is 0 Å². The maximum Gasteiger partial charge on any atom is 0.257 e. The summed E-state index contributed by atoms with van der Waals surface area (Å²) in [6.45, 7) is 4.79. The number of aromatic nitrogens is 3. The van der Waals surface area contributed by atoms with Gasteiger partial charge in [-0.05, 0) is 56.0 Å². The molecule has 1 aliphatic heterocycles. The van der Waals surface area contributed by atoms with Crippen LogP contribution in [-0.4, -0.2) is 32.1 Å². The Labute approximate surface area is 153 Å². The molecule has 4 rings (SSSR count). The number of rotatable bonds is 3. The minimum absolute atomic E-state index is 0.0571. The van der Waals surface area contributed by atoms with E-state index in [1.165, 1.54) is 0 Å². The van der Waals surface area contributed by atoms with Crippen molar-refractivity contribution in [1.82, 2.24) is 19.7 Å². The van der Waals surface area contributed by atoms with E-state index in [4.69, 9.17) is 0 Å². The average Bonchev–Trinajstić information content (AvgIpc) is 3.29. The number of benzene rings is 1. The van der Waals surface area contributed by atoms with Gasteiger partial charge in [0.1, 0.15) is 0 Å². The number of carbonyl (C=O) groups is 1. The second-order valence-corrected chi connectivity index (χ2v) is 6.78. The van der Waals surface area contributed by atoms with Crippen LogP contribution in [0.2, 0.25) is 0 Å². The first-order chi connectivity index (χ1) is 12.7. The van der Waals surface area contributed by atoms with E-state index in [2.05, 4.69) is 23.1 Å². The lowest BCUT2D eigenvalue weighted by Crippen LogP contribution is -2.30. The zero-order valence-electron chi connectivity index (χ0n) is 15.1. The molecule has 0 N–H and O–H groups in total. The highest BCUT2D eigenvalue weighted by Crippen LogP contribution is 2.33. The molecule has 1 aromatic carbocycles. The van der Waals surface area contributed by atoms with Gasteiger partial charge in [-0.25, -0.2) is 4.68 Å². The van der Waals surface area contributed by atoms with Crippen molar-refractivity contribution in [3.05, 3.63) is 77.4 Å². The largest absolute Gasteiger partial charge is 0.331 e. The Kier molecular flexibility index (Phi) is 4.29. The van der Waals surface area contributed by atoms with Gasteiger partial charge < -0.3 is 4.90 Å². The monoisotopic (exact) mass is 346 g/mol. The second kappa shape index (κ2) is 6.75. The summed E-state index contributed by atoms with van der Waals surface area (Å²) in [5, 5.41) is 4.50. The van der Waals surface area contributed by atoms with E-state index in [0.29, 0.717) is 5.56 Å². The molecule has 5 nitrogen and oxygen atoms in total. The summed E-state index contributed by atoms with van der Waals surface area (Å²) in [4.78, 5) is 19.3. The molecule has 26 heavy (non-hydrogen) atoms. The molecule has 0 bridgehead atoms. The Balaban J connectivity index is 1.66. The van der Waals surface area contributed by atoms with Crippen molar-refractivity contribution >= 4 is 5.91 Å². The van der Waals surface area contributed by atoms with E-state index in [1.807, 2.05) is 46.8 Å². The molecule has 1 unspecified atom stereocenters. The zero-order valence-corrected chi connectivity index (χ0v) is 15.1. The smallest absolute Gasteiger partial charge is 0.257 e. The van der Waals surface area contributed by atoms with Crippen molar-refractivity contribution in [2.75, 3.05) is 6.54 Å². The van der Waals surface area contributed by atoms with E-state index in [0.717, 1.165) is 41.9 Å². The predicted octanol–water partition coefficient (Wildman–Crippen LogP) is 3.86. The predicted molar refractivity (Wildman–Crippen MR) is 100 cm³/mol. The highest BCUT2D eigenvalue weighted by molar-refractivity contribution is 5.95. The summed E-state index contributed by atoms with van der Waals surface area (Å²) in [5.74, 6) is 0.0571. The third-order valence-electron chi connectivity index (χ3n) is 5.19. The van der Waals surface area contributed by atoms with E-state index < -0.39 is 0 Å². The number of hydrogen-bond donors (Lipinski definition) is 0. The highest BCUT2D eigenvalue weighted by Gasteiger charge is 2.32. The van der Waals surface area contributed by atoms with E-state index in [-0.39, 0.29) is 11.9 Å². The third kappa shape index (κ3) is 2.79. The van der Waals surface area contributed by atoms with Gasteiger partial charge in [0.15, 0.2) is 0 Å². The number of hydrogen-bond acceptors (Lipinski definition) is 3. The summed E-state index contributed by atoms with van der Waals surface area (Å²) in [6, 6.07) is 12.2. The zero-order chi connectivity index (χ0) is 18.1. The molecular weight excluding hydrogens is 324 g/mol. The maximum absolute atomic E-state index is 13.2. The standard InChI is InChI=1S/C21H22N4O/c1-15-6-3-4-7-19(15)25-16(2)18(14-23-25)21(26)24-13-5-8-20(24)17-9-11-22-12-10-17/h3-4,6-7,9-12,14,20H,5,8,13H2,1-2H3. The Morgan fingerprint density at radius 1 is 1.12 bits per heavy atom. The summed E-state index contributed by atoms with van der Waals surface area (Å²) in [5.41, 5.74) is 4.85. The first-order valence-corrected chi connectivity index (χ1v) is 8.98. The van der Waals surface area contributed by atoms with Gasteiger partial charge in [-0.15, -0.1) is 0 Å². The van der Waals surface area contributed by atoms with Crippen LogP contribution >= 0.6 is 0 Å². The lowest BCUT2D eigenvalue weighted by atomic mass is 10.1. The van der Waals surface area contributed by atoms with Crippen molar-refractivity contribution in [3.63, 3.8) is 0 Å². The van der Waals surface area contributed by atoms with E-state index in [9.17, 15) is 4.79 Å². The second-order valence-electron chi connectivity index (χ2n) is 6.78. The summed E-state index contributed by atoms with van der Waals surface area (Å²) >= 11 is 0. The topological polar surface area (TPSA) is 51.0 Å². The first kappa shape index (κ1) is 16.5. The molecule has 3 heterocycles. The summed E-state index contributed by atoms with van der Waals surface area (Å²) < 4.78 is 1.86. The molecule has 0 aliphatic carbocycles. The quantitative estimate of drug-likeness (QED) is 0.723. The SMILES string of the molecule is Cc1ccccc1-n1ncc(C(=O)N2CCCC2c2ccncc2)c1C. The van der Waals surface area contributed by atoms with Crippen LogP contribution in [0.15, 0.2) is 55.0 Å². The van der Waals surface area contributed by atoms with Gasteiger partial charge >= 0.3 is 0 Å². The van der Waals surface area contributed by atoms with Gasteiger partial charge in [-0.2, -0.15) is 5.10 Å². The minimum Gasteiger partial charge on any atom is -0.331 e. The fraction of sp³-hybridized carbons (Fsp3) is 0.286. The Morgan fingerprint density at radius 2 is 1.88 bits per heavy atom. The Hall–Kier alpha value is -2.95. The lowest BCUT2D eigenvalue weighted by Gasteiger charge is -2.25. The lowest BCUT2D eigenvalue weighted by molar-refractivity contribution is 0.0735. The third-order valence-corrected chi connectivity index (χ3v) is 5.19. The molecule has 1 amide bonds. The molecule has 1 atom stereocenters. The molecule has 1 aliphatic rings. The van der Waals surface area contributed by atoms with Gasteiger partial charge in [0.05, 0.1) is 29.2 Å². The minimum atomic E-state index is 0.0571. The van der Waals surface area contributed by atoms with Crippen LogP contribution in [0.4, 0.5) is 0 Å². The number of carbonyl (C=O) groups excluding carboxylic acids is 1. The number of nitrogens with zero attached hydrogens (tertiary/aromatic N) is 4. The Bertz CT molecular complexity index is 932.